The largest absolute Gasteiger partial charge is 0.497 e. The number of carbonyl (C=O) groups excluding carboxylic acids is 3. The van der Waals surface area contributed by atoms with E-state index in [0.29, 0.717) is 59.6 Å². The normalized spacial score (nSPS) is 22.6. The first-order valence-corrected chi connectivity index (χ1v) is 14.9. The number of hydrogen-bond donors (Lipinski definition) is 3. The summed E-state index contributed by atoms with van der Waals surface area (Å²) in [6.07, 6.45) is 5.35. The van der Waals surface area contributed by atoms with Crippen molar-refractivity contribution in [1.82, 2.24) is 10.2 Å². The second kappa shape index (κ2) is 13.6. The van der Waals surface area contributed by atoms with Crippen LogP contribution in [0.5, 0.6) is 17.2 Å². The number of nitrogens with zero attached hydrogens (tertiary/aromatic N) is 1. The molecule has 230 valence electrons. The number of aldehydes is 1. The topological polar surface area (TPSA) is 135 Å². The van der Waals surface area contributed by atoms with Gasteiger partial charge in [0.25, 0.3) is 0 Å². The number of nitrogens with one attached hydrogen (secondary N) is 1. The first-order chi connectivity index (χ1) is 20.9. The highest BCUT2D eigenvalue weighted by atomic mass is 16.5. The SMILES string of the molecule is COc1cccc(CCN(C(=O)CC2CCCC2)C2C=C(C(=O)NCCO)C3c4cc(C=O)cc(OC)c4OC3C2O)c1. The maximum atomic E-state index is 14.0. The average Bonchev–Trinajstić information content (AvgIpc) is 3.68. The number of aliphatic hydroxyl groups is 2. The summed E-state index contributed by atoms with van der Waals surface area (Å²) >= 11 is 0. The Kier molecular flexibility index (Phi) is 9.67. The molecular weight excluding hydrogens is 552 g/mol. The van der Waals surface area contributed by atoms with E-state index in [2.05, 4.69) is 5.32 Å². The maximum absolute atomic E-state index is 14.0. The fourth-order valence-corrected chi connectivity index (χ4v) is 6.65. The molecule has 0 bridgehead atoms. The molecule has 10 heteroatoms. The van der Waals surface area contributed by atoms with Gasteiger partial charge in [0.15, 0.2) is 11.5 Å². The molecule has 2 aliphatic carbocycles. The predicted molar refractivity (Wildman–Crippen MR) is 158 cm³/mol. The molecule has 4 unspecified atom stereocenters. The van der Waals surface area contributed by atoms with Crippen molar-refractivity contribution in [3.63, 3.8) is 0 Å². The van der Waals surface area contributed by atoms with Crippen LogP contribution in [-0.2, 0) is 16.0 Å². The van der Waals surface area contributed by atoms with E-state index >= 15 is 0 Å². The number of amides is 2. The van der Waals surface area contributed by atoms with Crippen LogP contribution in [0, 0.1) is 5.92 Å². The van der Waals surface area contributed by atoms with E-state index in [1.165, 1.54) is 7.11 Å². The molecule has 2 aromatic rings. The van der Waals surface area contributed by atoms with E-state index in [1.54, 1.807) is 30.2 Å². The summed E-state index contributed by atoms with van der Waals surface area (Å²) in [4.78, 5) is 40.9. The molecule has 3 aliphatic rings. The quantitative estimate of drug-likeness (QED) is 0.321. The third-order valence-corrected chi connectivity index (χ3v) is 8.80. The number of rotatable bonds is 12. The van der Waals surface area contributed by atoms with Crippen molar-refractivity contribution >= 4 is 18.1 Å². The molecule has 0 saturated heterocycles. The summed E-state index contributed by atoms with van der Waals surface area (Å²) in [7, 11) is 3.06. The highest BCUT2D eigenvalue weighted by Gasteiger charge is 2.51. The Balaban J connectivity index is 1.53. The number of fused-ring (bicyclic) bond motifs is 3. The summed E-state index contributed by atoms with van der Waals surface area (Å²) < 4.78 is 17.2. The van der Waals surface area contributed by atoms with Gasteiger partial charge in [-0.05, 0) is 61.1 Å². The Morgan fingerprint density at radius 3 is 2.63 bits per heavy atom. The standard InChI is InChI=1S/C33H40N2O8/c1-41-23-9-5-8-21(14-23)10-12-35(28(38)17-20-6-3-4-7-20)26-18-25(33(40)34-11-13-36)29-24-15-22(19-37)16-27(42-2)31(24)43-32(29)30(26)39/h5,8-9,14-16,18-20,26,29-30,32,36,39H,3-4,6-7,10-13,17H2,1-2H3,(H,34,40). The van der Waals surface area contributed by atoms with Crippen molar-refractivity contribution in [2.45, 2.75) is 62.7 Å². The molecule has 1 fully saturated rings. The van der Waals surface area contributed by atoms with Crippen molar-refractivity contribution in [2.75, 3.05) is 33.9 Å². The van der Waals surface area contributed by atoms with E-state index < -0.39 is 30.1 Å². The van der Waals surface area contributed by atoms with Crippen LogP contribution in [0.2, 0.25) is 0 Å². The van der Waals surface area contributed by atoms with E-state index in [1.807, 2.05) is 24.3 Å². The first kappa shape index (κ1) is 30.6. The summed E-state index contributed by atoms with van der Waals surface area (Å²) in [5.74, 6) is 0.437. The average molecular weight is 593 g/mol. The molecule has 43 heavy (non-hydrogen) atoms. The van der Waals surface area contributed by atoms with Gasteiger partial charge in [0.1, 0.15) is 24.2 Å². The van der Waals surface area contributed by atoms with Gasteiger partial charge >= 0.3 is 0 Å². The minimum Gasteiger partial charge on any atom is -0.497 e. The van der Waals surface area contributed by atoms with Gasteiger partial charge in [0.2, 0.25) is 11.8 Å². The lowest BCUT2D eigenvalue weighted by Crippen LogP contribution is -2.56. The number of methoxy groups -OCH3 is 2. The van der Waals surface area contributed by atoms with Crippen molar-refractivity contribution in [2.24, 2.45) is 5.92 Å². The molecule has 10 nitrogen and oxygen atoms in total. The Morgan fingerprint density at radius 2 is 1.93 bits per heavy atom. The smallest absolute Gasteiger partial charge is 0.247 e. The molecular formula is C33H40N2O8. The molecule has 4 atom stereocenters. The lowest BCUT2D eigenvalue weighted by atomic mass is 9.77. The van der Waals surface area contributed by atoms with Gasteiger partial charge in [0, 0.05) is 36.2 Å². The second-order valence-corrected chi connectivity index (χ2v) is 11.4. The molecule has 2 amide bonds. The fraction of sp³-hybridized carbons (Fsp3) is 0.485. The third kappa shape index (κ3) is 6.40. The van der Waals surface area contributed by atoms with Crippen molar-refractivity contribution in [3.8, 4) is 17.2 Å². The van der Waals surface area contributed by atoms with Crippen LogP contribution in [0.25, 0.3) is 0 Å². The monoisotopic (exact) mass is 592 g/mol. The highest BCUT2D eigenvalue weighted by molar-refractivity contribution is 5.96. The summed E-state index contributed by atoms with van der Waals surface area (Å²) in [5, 5.41) is 24.0. The van der Waals surface area contributed by atoms with Gasteiger partial charge < -0.3 is 34.6 Å². The summed E-state index contributed by atoms with van der Waals surface area (Å²) in [6.45, 7) is 0.0969. The van der Waals surface area contributed by atoms with Crippen LogP contribution in [0.4, 0.5) is 0 Å². The van der Waals surface area contributed by atoms with Crippen molar-refractivity contribution < 1.29 is 38.8 Å². The van der Waals surface area contributed by atoms with E-state index in [0.717, 1.165) is 31.2 Å². The first-order valence-electron chi connectivity index (χ1n) is 14.9. The molecule has 2 aromatic carbocycles. The maximum Gasteiger partial charge on any atom is 0.247 e. The molecule has 0 aromatic heterocycles. The zero-order chi connectivity index (χ0) is 30.5. The van der Waals surface area contributed by atoms with Gasteiger partial charge in [-0.1, -0.05) is 25.0 Å². The lowest BCUT2D eigenvalue weighted by Gasteiger charge is -2.41. The van der Waals surface area contributed by atoms with E-state index in [-0.39, 0.29) is 25.0 Å². The Labute approximate surface area is 251 Å². The molecule has 3 N–H and O–H groups in total. The number of carbonyl (C=O) groups is 3. The Bertz CT molecular complexity index is 1370. The Morgan fingerprint density at radius 1 is 1.14 bits per heavy atom. The molecule has 1 heterocycles. The van der Waals surface area contributed by atoms with Crippen LogP contribution in [0.15, 0.2) is 48.0 Å². The predicted octanol–water partition coefficient (Wildman–Crippen LogP) is 2.79. The van der Waals surface area contributed by atoms with E-state index in [4.69, 9.17) is 14.2 Å². The van der Waals surface area contributed by atoms with Crippen LogP contribution >= 0.6 is 0 Å². The van der Waals surface area contributed by atoms with Gasteiger partial charge in [-0.2, -0.15) is 0 Å². The fourth-order valence-electron chi connectivity index (χ4n) is 6.65. The highest BCUT2D eigenvalue weighted by Crippen LogP contribution is 2.51. The van der Waals surface area contributed by atoms with Gasteiger partial charge in [-0.25, -0.2) is 0 Å². The summed E-state index contributed by atoms with van der Waals surface area (Å²) in [6, 6.07) is 9.98. The minimum atomic E-state index is -1.17. The van der Waals surface area contributed by atoms with Crippen LogP contribution < -0.4 is 19.5 Å². The van der Waals surface area contributed by atoms with E-state index in [9.17, 15) is 24.6 Å². The van der Waals surface area contributed by atoms with Crippen LogP contribution in [0.1, 0.15) is 59.5 Å². The third-order valence-electron chi connectivity index (χ3n) is 8.80. The van der Waals surface area contributed by atoms with Crippen molar-refractivity contribution in [1.29, 1.82) is 0 Å². The number of aliphatic hydroxyl groups excluding tert-OH is 2. The zero-order valence-corrected chi connectivity index (χ0v) is 24.7. The molecule has 1 saturated carbocycles. The zero-order valence-electron chi connectivity index (χ0n) is 24.7. The second-order valence-electron chi connectivity index (χ2n) is 11.4. The molecule has 0 radical (unpaired) electrons. The molecule has 1 aliphatic heterocycles. The minimum absolute atomic E-state index is 0.0341. The van der Waals surface area contributed by atoms with Crippen LogP contribution in [0.3, 0.4) is 0 Å². The summed E-state index contributed by atoms with van der Waals surface area (Å²) in [5.41, 5.74) is 2.17. The Hall–Kier alpha value is -3.89. The van der Waals surface area contributed by atoms with Gasteiger partial charge in [-0.3, -0.25) is 14.4 Å². The van der Waals surface area contributed by atoms with Crippen molar-refractivity contribution in [3.05, 3.63) is 64.7 Å². The molecule has 0 spiro atoms. The molecule has 5 rings (SSSR count). The van der Waals surface area contributed by atoms with Crippen LogP contribution in [-0.4, -0.2) is 85.4 Å². The van der Waals surface area contributed by atoms with Gasteiger partial charge in [-0.15, -0.1) is 0 Å². The van der Waals surface area contributed by atoms with Gasteiger partial charge in [0.05, 0.1) is 32.8 Å². The number of hydrogen-bond acceptors (Lipinski definition) is 8. The number of benzene rings is 2. The lowest BCUT2D eigenvalue weighted by molar-refractivity contribution is -0.138. The number of ether oxygens (including phenoxy) is 3.